The van der Waals surface area contributed by atoms with E-state index in [-0.39, 0.29) is 0 Å². The van der Waals surface area contributed by atoms with E-state index in [1.54, 1.807) is 13.8 Å². The molecular formula is C14H18BrNO3. The van der Waals surface area contributed by atoms with Crippen molar-refractivity contribution in [1.82, 2.24) is 5.32 Å². The third-order valence-corrected chi connectivity index (χ3v) is 3.74. The minimum atomic E-state index is -0.796. The summed E-state index contributed by atoms with van der Waals surface area (Å²) in [4.78, 5) is 11.0. The highest BCUT2D eigenvalue weighted by Crippen LogP contribution is 2.33. The first-order valence-electron chi connectivity index (χ1n) is 6.28. The fraction of sp³-hybridized carbons (Fsp3) is 0.500. The summed E-state index contributed by atoms with van der Waals surface area (Å²) in [5.41, 5.74) is 1.52. The van der Waals surface area contributed by atoms with Crippen LogP contribution in [0.2, 0.25) is 0 Å². The number of carboxylic acid groups (broad SMARTS) is 1. The summed E-state index contributed by atoms with van der Waals surface area (Å²) < 4.78 is 6.67. The van der Waals surface area contributed by atoms with Crippen molar-refractivity contribution in [3.63, 3.8) is 0 Å². The van der Waals surface area contributed by atoms with Gasteiger partial charge >= 0.3 is 5.97 Å². The van der Waals surface area contributed by atoms with Gasteiger partial charge in [-0.2, -0.15) is 0 Å². The second-order valence-corrected chi connectivity index (χ2v) is 6.36. The SMILES string of the molecule is CC(C)(CNCc1cc(Br)cc2c1OCC2)C(=O)O. The van der Waals surface area contributed by atoms with Crippen molar-refractivity contribution in [1.29, 1.82) is 0 Å². The fourth-order valence-electron chi connectivity index (χ4n) is 2.06. The Bertz CT molecular complexity index is 500. The average Bonchev–Trinajstić information content (AvgIpc) is 2.76. The van der Waals surface area contributed by atoms with Crippen LogP contribution in [0.15, 0.2) is 16.6 Å². The number of carbonyl (C=O) groups is 1. The van der Waals surface area contributed by atoms with Crippen LogP contribution >= 0.6 is 15.9 Å². The van der Waals surface area contributed by atoms with E-state index < -0.39 is 11.4 Å². The summed E-state index contributed by atoms with van der Waals surface area (Å²) in [5, 5.41) is 12.3. The van der Waals surface area contributed by atoms with E-state index in [2.05, 4.69) is 27.3 Å². The number of hydrogen-bond acceptors (Lipinski definition) is 3. The maximum Gasteiger partial charge on any atom is 0.310 e. The molecule has 0 saturated carbocycles. The number of ether oxygens (including phenoxy) is 1. The Labute approximate surface area is 121 Å². The molecule has 1 aliphatic rings. The molecule has 4 nitrogen and oxygen atoms in total. The monoisotopic (exact) mass is 327 g/mol. The summed E-state index contributed by atoms with van der Waals surface area (Å²) in [6.07, 6.45) is 0.933. The number of aliphatic carboxylic acids is 1. The number of halogens is 1. The lowest BCUT2D eigenvalue weighted by Gasteiger charge is -2.20. The van der Waals surface area contributed by atoms with Crippen molar-refractivity contribution >= 4 is 21.9 Å². The zero-order valence-corrected chi connectivity index (χ0v) is 12.7. The first-order valence-corrected chi connectivity index (χ1v) is 7.07. The van der Waals surface area contributed by atoms with Crippen LogP contribution in [0.3, 0.4) is 0 Å². The number of carboxylic acids is 1. The van der Waals surface area contributed by atoms with Crippen LogP contribution in [0.1, 0.15) is 25.0 Å². The van der Waals surface area contributed by atoms with E-state index >= 15 is 0 Å². The molecule has 1 aromatic rings. The second-order valence-electron chi connectivity index (χ2n) is 5.44. The standard InChI is InChI=1S/C14H18BrNO3/c1-14(2,13(17)18)8-16-7-10-6-11(15)5-9-3-4-19-12(9)10/h5-6,16H,3-4,7-8H2,1-2H3,(H,17,18). The highest BCUT2D eigenvalue weighted by molar-refractivity contribution is 9.10. The zero-order chi connectivity index (χ0) is 14.0. The van der Waals surface area contributed by atoms with Crippen LogP contribution < -0.4 is 10.1 Å². The minimum absolute atomic E-state index is 0.420. The van der Waals surface area contributed by atoms with Crippen molar-refractivity contribution in [2.45, 2.75) is 26.8 Å². The van der Waals surface area contributed by atoms with Crippen molar-refractivity contribution in [2.75, 3.05) is 13.2 Å². The molecule has 0 bridgehead atoms. The maximum atomic E-state index is 11.0. The predicted octanol–water partition coefficient (Wildman–Crippen LogP) is 2.58. The minimum Gasteiger partial charge on any atom is -0.493 e. The van der Waals surface area contributed by atoms with E-state index in [4.69, 9.17) is 9.84 Å². The van der Waals surface area contributed by atoms with Gasteiger partial charge in [0.2, 0.25) is 0 Å². The Balaban J connectivity index is 2.03. The number of hydrogen-bond donors (Lipinski definition) is 2. The summed E-state index contributed by atoms with van der Waals surface area (Å²) in [6, 6.07) is 4.10. The Hall–Kier alpha value is -1.07. The number of nitrogens with one attached hydrogen (secondary N) is 1. The lowest BCUT2D eigenvalue weighted by molar-refractivity contribution is -0.146. The van der Waals surface area contributed by atoms with Gasteiger partial charge in [-0.3, -0.25) is 4.79 Å². The van der Waals surface area contributed by atoms with Gasteiger partial charge in [0.05, 0.1) is 12.0 Å². The van der Waals surface area contributed by atoms with Crippen LogP contribution in [-0.2, 0) is 17.8 Å². The van der Waals surface area contributed by atoms with Gasteiger partial charge in [-0.1, -0.05) is 15.9 Å². The molecule has 0 aliphatic carbocycles. The lowest BCUT2D eigenvalue weighted by Crippen LogP contribution is -2.35. The van der Waals surface area contributed by atoms with Crippen molar-refractivity contribution in [2.24, 2.45) is 5.41 Å². The molecule has 0 spiro atoms. The zero-order valence-electron chi connectivity index (χ0n) is 11.1. The molecule has 104 valence electrons. The number of rotatable bonds is 5. The largest absolute Gasteiger partial charge is 0.493 e. The van der Waals surface area contributed by atoms with Gasteiger partial charge in [-0.05, 0) is 31.5 Å². The van der Waals surface area contributed by atoms with E-state index in [0.29, 0.717) is 13.1 Å². The van der Waals surface area contributed by atoms with Gasteiger partial charge in [-0.15, -0.1) is 0 Å². The summed E-state index contributed by atoms with van der Waals surface area (Å²) in [5.74, 6) is 0.152. The topological polar surface area (TPSA) is 58.6 Å². The molecule has 1 aromatic carbocycles. The Morgan fingerprint density at radius 1 is 1.53 bits per heavy atom. The van der Waals surface area contributed by atoms with Crippen molar-refractivity contribution < 1.29 is 14.6 Å². The molecule has 0 aromatic heterocycles. The van der Waals surface area contributed by atoms with Crippen LogP contribution in [0.25, 0.3) is 0 Å². The molecule has 0 fully saturated rings. The summed E-state index contributed by atoms with van der Waals surface area (Å²) in [6.45, 7) is 5.18. The van der Waals surface area contributed by atoms with Crippen molar-refractivity contribution in [3.8, 4) is 5.75 Å². The molecule has 2 rings (SSSR count). The third-order valence-electron chi connectivity index (χ3n) is 3.29. The molecule has 0 atom stereocenters. The molecule has 0 radical (unpaired) electrons. The highest BCUT2D eigenvalue weighted by Gasteiger charge is 2.26. The summed E-state index contributed by atoms with van der Waals surface area (Å²) in [7, 11) is 0. The number of benzene rings is 1. The molecule has 1 heterocycles. The molecular weight excluding hydrogens is 310 g/mol. The maximum absolute atomic E-state index is 11.0. The quantitative estimate of drug-likeness (QED) is 0.872. The van der Waals surface area contributed by atoms with Gasteiger partial charge in [0.15, 0.2) is 0 Å². The highest BCUT2D eigenvalue weighted by atomic mass is 79.9. The van der Waals surface area contributed by atoms with E-state index in [9.17, 15) is 4.79 Å². The molecule has 0 saturated heterocycles. The third kappa shape index (κ3) is 3.28. The normalized spacial score (nSPS) is 14.1. The molecule has 5 heteroatoms. The molecule has 2 N–H and O–H groups in total. The number of fused-ring (bicyclic) bond motifs is 1. The van der Waals surface area contributed by atoms with Gasteiger partial charge in [-0.25, -0.2) is 0 Å². The smallest absolute Gasteiger partial charge is 0.310 e. The van der Waals surface area contributed by atoms with Crippen LogP contribution in [0.4, 0.5) is 0 Å². The lowest BCUT2D eigenvalue weighted by atomic mass is 9.94. The first kappa shape index (κ1) is 14.3. The van der Waals surface area contributed by atoms with Crippen LogP contribution in [0, 0.1) is 5.41 Å². The Morgan fingerprint density at radius 2 is 2.26 bits per heavy atom. The molecule has 0 unspecified atom stereocenters. The average molecular weight is 328 g/mol. The first-order chi connectivity index (χ1) is 8.90. The van der Waals surface area contributed by atoms with Gasteiger partial charge in [0.1, 0.15) is 5.75 Å². The van der Waals surface area contributed by atoms with Crippen LogP contribution in [-0.4, -0.2) is 24.2 Å². The van der Waals surface area contributed by atoms with E-state index in [1.807, 2.05) is 6.07 Å². The van der Waals surface area contributed by atoms with Crippen LogP contribution in [0.5, 0.6) is 5.75 Å². The van der Waals surface area contributed by atoms with E-state index in [1.165, 1.54) is 5.56 Å². The predicted molar refractivity (Wildman–Crippen MR) is 76.5 cm³/mol. The Kier molecular flexibility index (Phi) is 4.16. The van der Waals surface area contributed by atoms with Gasteiger partial charge in [0, 0.05) is 29.5 Å². The summed E-state index contributed by atoms with van der Waals surface area (Å²) >= 11 is 3.49. The van der Waals surface area contributed by atoms with Gasteiger partial charge < -0.3 is 15.2 Å². The molecule has 1 aliphatic heterocycles. The molecule has 0 amide bonds. The van der Waals surface area contributed by atoms with Gasteiger partial charge in [0.25, 0.3) is 0 Å². The molecule has 19 heavy (non-hydrogen) atoms. The second kappa shape index (κ2) is 5.51. The van der Waals surface area contributed by atoms with Crippen molar-refractivity contribution in [3.05, 3.63) is 27.7 Å². The fourth-order valence-corrected chi connectivity index (χ4v) is 2.62. The Morgan fingerprint density at radius 3 is 2.95 bits per heavy atom. The van der Waals surface area contributed by atoms with E-state index in [0.717, 1.165) is 28.8 Å².